The number of ether oxygens (including phenoxy) is 1. The predicted molar refractivity (Wildman–Crippen MR) is 139 cm³/mol. The SMILES string of the molecule is COCC1CN(c2ncc(C(C)C)c3cc(Nc4ccnc(N5CC[C@@H](O)[C@@](C)(F)C5)n4)ncc23)C1. The quantitative estimate of drug-likeness (QED) is 0.509. The van der Waals surface area contributed by atoms with Gasteiger partial charge in [-0.15, -0.1) is 0 Å². The average molecular weight is 496 g/mol. The Balaban J connectivity index is 1.40. The van der Waals surface area contributed by atoms with Gasteiger partial charge in [-0.05, 0) is 42.3 Å². The molecule has 0 spiro atoms. The number of nitrogens with one attached hydrogen (secondary N) is 1. The highest BCUT2D eigenvalue weighted by Crippen LogP contribution is 2.35. The number of halogens is 1. The fourth-order valence-electron chi connectivity index (χ4n) is 5.02. The summed E-state index contributed by atoms with van der Waals surface area (Å²) in [5, 5.41) is 15.4. The van der Waals surface area contributed by atoms with E-state index in [2.05, 4.69) is 39.0 Å². The molecule has 192 valence electrons. The molecule has 0 aromatic carbocycles. The maximum absolute atomic E-state index is 14.7. The van der Waals surface area contributed by atoms with E-state index in [0.29, 0.717) is 42.4 Å². The number of hydrogen-bond donors (Lipinski definition) is 2. The van der Waals surface area contributed by atoms with Crippen LogP contribution in [0.2, 0.25) is 0 Å². The Hall–Kier alpha value is -3.11. The summed E-state index contributed by atoms with van der Waals surface area (Å²) in [5.41, 5.74) is -0.546. The molecule has 2 atom stereocenters. The summed E-state index contributed by atoms with van der Waals surface area (Å²) in [6, 6.07) is 3.81. The molecule has 2 fully saturated rings. The summed E-state index contributed by atoms with van der Waals surface area (Å²) >= 11 is 0. The second-order valence-electron chi connectivity index (χ2n) is 10.4. The van der Waals surface area contributed by atoms with Crippen LogP contribution in [0.15, 0.2) is 30.7 Å². The van der Waals surface area contributed by atoms with E-state index in [9.17, 15) is 9.50 Å². The lowest BCUT2D eigenvalue weighted by Gasteiger charge is -2.40. The van der Waals surface area contributed by atoms with Gasteiger partial charge in [0.2, 0.25) is 5.95 Å². The molecule has 3 aromatic heterocycles. The standard InChI is InChI=1S/C26H34FN7O2/c1-16(2)19-10-30-24(34-12-17(13-34)14-36-4)20-11-29-23(9-18(19)20)31-22-5-7-28-25(32-22)33-8-6-21(35)26(3,27)15-33/h5,7,9-11,16-17,21,35H,6,8,12-15H2,1-4H3,(H,28,29,31,32)/t21-,26+/m1/s1. The Morgan fingerprint density at radius 3 is 2.69 bits per heavy atom. The van der Waals surface area contributed by atoms with Crippen LogP contribution in [-0.4, -0.2) is 76.7 Å². The summed E-state index contributed by atoms with van der Waals surface area (Å²) in [7, 11) is 1.74. The van der Waals surface area contributed by atoms with Crippen molar-refractivity contribution in [1.29, 1.82) is 0 Å². The van der Waals surface area contributed by atoms with Crippen LogP contribution in [0.3, 0.4) is 0 Å². The summed E-state index contributed by atoms with van der Waals surface area (Å²) < 4.78 is 20.0. The van der Waals surface area contributed by atoms with Gasteiger partial charge in [-0.1, -0.05) is 13.8 Å². The molecular weight excluding hydrogens is 461 g/mol. The Morgan fingerprint density at radius 2 is 1.97 bits per heavy atom. The first-order chi connectivity index (χ1) is 17.2. The van der Waals surface area contributed by atoms with E-state index in [1.165, 1.54) is 6.92 Å². The highest BCUT2D eigenvalue weighted by Gasteiger charge is 2.39. The molecule has 0 amide bonds. The van der Waals surface area contributed by atoms with Gasteiger partial charge in [-0.25, -0.2) is 19.3 Å². The van der Waals surface area contributed by atoms with Gasteiger partial charge in [0, 0.05) is 56.6 Å². The van der Waals surface area contributed by atoms with Gasteiger partial charge in [0.1, 0.15) is 17.5 Å². The number of piperidine rings is 1. The molecule has 36 heavy (non-hydrogen) atoms. The van der Waals surface area contributed by atoms with Crippen LogP contribution in [0.1, 0.15) is 38.7 Å². The van der Waals surface area contributed by atoms with E-state index >= 15 is 0 Å². The van der Waals surface area contributed by atoms with Gasteiger partial charge in [-0.3, -0.25) is 0 Å². The molecule has 9 nitrogen and oxygen atoms in total. The van der Waals surface area contributed by atoms with Gasteiger partial charge in [-0.2, -0.15) is 4.98 Å². The molecule has 0 saturated carbocycles. The van der Waals surface area contributed by atoms with Crippen molar-refractivity contribution in [2.75, 3.05) is 55.0 Å². The Labute approximate surface area is 210 Å². The highest BCUT2D eigenvalue weighted by atomic mass is 19.1. The number of hydrogen-bond acceptors (Lipinski definition) is 9. The minimum absolute atomic E-state index is 0.0428. The summed E-state index contributed by atoms with van der Waals surface area (Å²) in [4.78, 5) is 22.4. The van der Waals surface area contributed by atoms with Crippen molar-refractivity contribution >= 4 is 34.2 Å². The van der Waals surface area contributed by atoms with Crippen molar-refractivity contribution in [2.24, 2.45) is 5.92 Å². The van der Waals surface area contributed by atoms with Crippen LogP contribution in [0.25, 0.3) is 10.8 Å². The number of anilines is 4. The van der Waals surface area contributed by atoms with Gasteiger partial charge in [0.15, 0.2) is 5.67 Å². The maximum atomic E-state index is 14.7. The summed E-state index contributed by atoms with van der Waals surface area (Å²) in [6.45, 7) is 8.87. The predicted octanol–water partition coefficient (Wildman–Crippen LogP) is 3.67. The van der Waals surface area contributed by atoms with Crippen LogP contribution in [0.5, 0.6) is 0 Å². The Bertz CT molecular complexity index is 1230. The third kappa shape index (κ3) is 4.79. The van der Waals surface area contributed by atoms with Crippen molar-refractivity contribution in [3.63, 3.8) is 0 Å². The van der Waals surface area contributed by atoms with Crippen molar-refractivity contribution < 1.29 is 14.2 Å². The van der Waals surface area contributed by atoms with Gasteiger partial charge in [0.05, 0.1) is 19.3 Å². The first-order valence-corrected chi connectivity index (χ1v) is 12.5. The lowest BCUT2D eigenvalue weighted by molar-refractivity contribution is -0.00860. The van der Waals surface area contributed by atoms with Crippen molar-refractivity contribution in [1.82, 2.24) is 19.9 Å². The Kier molecular flexibility index (Phi) is 6.65. The molecule has 0 aliphatic carbocycles. The maximum Gasteiger partial charge on any atom is 0.227 e. The first-order valence-electron chi connectivity index (χ1n) is 12.5. The normalized spacial score (nSPS) is 22.8. The number of aromatic nitrogens is 4. The zero-order chi connectivity index (χ0) is 25.4. The molecule has 2 aliphatic rings. The molecule has 0 unspecified atom stereocenters. The lowest BCUT2D eigenvalue weighted by Crippen LogP contribution is -2.52. The highest BCUT2D eigenvalue weighted by molar-refractivity contribution is 5.96. The number of fused-ring (bicyclic) bond motifs is 1. The largest absolute Gasteiger partial charge is 0.390 e. The molecule has 3 aromatic rings. The fourth-order valence-corrected chi connectivity index (χ4v) is 5.02. The molecular formula is C26H34FN7O2. The number of aliphatic hydroxyl groups is 1. The fraction of sp³-hybridized carbons (Fsp3) is 0.538. The van der Waals surface area contributed by atoms with Crippen LogP contribution in [0, 0.1) is 5.92 Å². The third-order valence-electron chi connectivity index (χ3n) is 7.11. The van der Waals surface area contributed by atoms with E-state index in [1.54, 1.807) is 24.3 Å². The molecule has 5 rings (SSSR count). The van der Waals surface area contributed by atoms with Gasteiger partial charge >= 0.3 is 0 Å². The van der Waals surface area contributed by atoms with Gasteiger partial charge in [0.25, 0.3) is 0 Å². The van der Waals surface area contributed by atoms with E-state index in [0.717, 1.165) is 41.9 Å². The van der Waals surface area contributed by atoms with Crippen molar-refractivity contribution in [3.05, 3.63) is 36.3 Å². The van der Waals surface area contributed by atoms with E-state index in [1.807, 2.05) is 18.5 Å². The smallest absolute Gasteiger partial charge is 0.227 e. The van der Waals surface area contributed by atoms with Crippen LogP contribution in [0.4, 0.5) is 27.8 Å². The number of aliphatic hydroxyl groups excluding tert-OH is 1. The topological polar surface area (TPSA) is 99.5 Å². The molecule has 2 saturated heterocycles. The average Bonchev–Trinajstić information content (AvgIpc) is 2.82. The number of nitrogens with zero attached hydrogens (tertiary/aromatic N) is 6. The lowest BCUT2D eigenvalue weighted by atomic mass is 9.94. The van der Waals surface area contributed by atoms with E-state index in [-0.39, 0.29) is 6.54 Å². The number of alkyl halides is 1. The molecule has 2 aliphatic heterocycles. The number of methoxy groups -OCH3 is 1. The van der Waals surface area contributed by atoms with Crippen LogP contribution < -0.4 is 15.1 Å². The second-order valence-corrected chi connectivity index (χ2v) is 10.4. The number of pyridine rings is 2. The zero-order valence-corrected chi connectivity index (χ0v) is 21.3. The molecule has 5 heterocycles. The van der Waals surface area contributed by atoms with Crippen molar-refractivity contribution in [3.8, 4) is 0 Å². The van der Waals surface area contributed by atoms with Crippen LogP contribution in [-0.2, 0) is 4.74 Å². The first kappa shape index (κ1) is 24.6. The zero-order valence-electron chi connectivity index (χ0n) is 21.3. The second kappa shape index (κ2) is 9.74. The minimum atomic E-state index is -1.70. The third-order valence-corrected chi connectivity index (χ3v) is 7.11. The monoisotopic (exact) mass is 495 g/mol. The van der Waals surface area contributed by atoms with Crippen molar-refractivity contribution in [2.45, 2.75) is 44.9 Å². The molecule has 2 N–H and O–H groups in total. The Morgan fingerprint density at radius 1 is 1.17 bits per heavy atom. The minimum Gasteiger partial charge on any atom is -0.390 e. The van der Waals surface area contributed by atoms with Crippen LogP contribution >= 0.6 is 0 Å². The summed E-state index contributed by atoms with van der Waals surface area (Å²) in [5.74, 6) is 3.44. The van der Waals surface area contributed by atoms with Gasteiger partial charge < -0.3 is 25.0 Å². The summed E-state index contributed by atoms with van der Waals surface area (Å²) in [6.07, 6.45) is 4.84. The van der Waals surface area contributed by atoms with E-state index in [4.69, 9.17) is 9.72 Å². The number of rotatable bonds is 7. The van der Waals surface area contributed by atoms with E-state index < -0.39 is 11.8 Å². The molecule has 0 radical (unpaired) electrons. The molecule has 10 heteroatoms. The molecule has 0 bridgehead atoms.